The standard InChI is InChI=1S/C14H19N/c1-11-5-4-6-12(9-11)10-14(15)13-7-2-3-8-13/h4-7,9,14H,2-3,8,10,15H2,1H3. The maximum Gasteiger partial charge on any atom is 0.0294 e. The van der Waals surface area contributed by atoms with Gasteiger partial charge in [0.05, 0.1) is 0 Å². The van der Waals surface area contributed by atoms with Gasteiger partial charge in [-0.05, 0) is 38.2 Å². The zero-order valence-electron chi connectivity index (χ0n) is 9.37. The summed E-state index contributed by atoms with van der Waals surface area (Å²) in [5.41, 5.74) is 10.3. The van der Waals surface area contributed by atoms with E-state index in [9.17, 15) is 0 Å². The second kappa shape index (κ2) is 4.63. The van der Waals surface area contributed by atoms with Crippen molar-refractivity contribution in [2.24, 2.45) is 5.73 Å². The summed E-state index contributed by atoms with van der Waals surface area (Å²) in [6.07, 6.45) is 7.01. The fourth-order valence-electron chi connectivity index (χ4n) is 2.26. The number of hydrogen-bond donors (Lipinski definition) is 1. The van der Waals surface area contributed by atoms with Crippen LogP contribution in [0.1, 0.15) is 30.4 Å². The van der Waals surface area contributed by atoms with E-state index in [2.05, 4.69) is 37.3 Å². The van der Waals surface area contributed by atoms with E-state index in [1.807, 2.05) is 0 Å². The van der Waals surface area contributed by atoms with Gasteiger partial charge in [0.1, 0.15) is 0 Å². The van der Waals surface area contributed by atoms with Crippen LogP contribution in [0.3, 0.4) is 0 Å². The maximum atomic E-state index is 6.19. The quantitative estimate of drug-likeness (QED) is 0.747. The first-order valence-electron chi connectivity index (χ1n) is 5.76. The molecule has 0 aromatic heterocycles. The Morgan fingerprint density at radius 3 is 2.93 bits per heavy atom. The molecular formula is C14H19N. The minimum absolute atomic E-state index is 0.231. The monoisotopic (exact) mass is 201 g/mol. The molecule has 0 saturated carbocycles. The lowest BCUT2D eigenvalue weighted by molar-refractivity contribution is 0.728. The Morgan fingerprint density at radius 2 is 2.27 bits per heavy atom. The van der Waals surface area contributed by atoms with Crippen LogP contribution in [0.2, 0.25) is 0 Å². The van der Waals surface area contributed by atoms with Gasteiger partial charge >= 0.3 is 0 Å². The second-order valence-electron chi connectivity index (χ2n) is 4.47. The Bertz CT molecular complexity index is 365. The zero-order valence-corrected chi connectivity index (χ0v) is 9.37. The highest BCUT2D eigenvalue weighted by molar-refractivity contribution is 5.26. The molecule has 1 atom stereocenters. The molecule has 1 heteroatoms. The van der Waals surface area contributed by atoms with Crippen molar-refractivity contribution in [3.05, 3.63) is 47.0 Å². The topological polar surface area (TPSA) is 26.0 Å². The van der Waals surface area contributed by atoms with E-state index < -0.39 is 0 Å². The average Bonchev–Trinajstić information content (AvgIpc) is 2.70. The van der Waals surface area contributed by atoms with Crippen molar-refractivity contribution in [1.29, 1.82) is 0 Å². The van der Waals surface area contributed by atoms with Crippen molar-refractivity contribution in [2.45, 2.75) is 38.6 Å². The molecule has 15 heavy (non-hydrogen) atoms. The van der Waals surface area contributed by atoms with E-state index in [-0.39, 0.29) is 6.04 Å². The van der Waals surface area contributed by atoms with Crippen LogP contribution >= 0.6 is 0 Å². The van der Waals surface area contributed by atoms with Crippen LogP contribution in [0.15, 0.2) is 35.9 Å². The fraction of sp³-hybridized carbons (Fsp3) is 0.429. The third-order valence-corrected chi connectivity index (χ3v) is 3.09. The molecular weight excluding hydrogens is 182 g/mol. The minimum Gasteiger partial charge on any atom is -0.324 e. The summed E-state index contributed by atoms with van der Waals surface area (Å²) in [4.78, 5) is 0. The third kappa shape index (κ3) is 2.69. The van der Waals surface area contributed by atoms with Crippen molar-refractivity contribution >= 4 is 0 Å². The van der Waals surface area contributed by atoms with Gasteiger partial charge < -0.3 is 5.73 Å². The molecule has 0 fully saturated rings. The summed E-state index contributed by atoms with van der Waals surface area (Å²) >= 11 is 0. The normalized spacial score (nSPS) is 17.6. The Balaban J connectivity index is 2.02. The molecule has 0 amide bonds. The zero-order chi connectivity index (χ0) is 10.7. The molecule has 2 rings (SSSR count). The summed E-state index contributed by atoms with van der Waals surface area (Å²) in [5.74, 6) is 0. The molecule has 0 bridgehead atoms. The summed E-state index contributed by atoms with van der Waals surface area (Å²) < 4.78 is 0. The largest absolute Gasteiger partial charge is 0.324 e. The van der Waals surface area contributed by atoms with Crippen molar-refractivity contribution in [3.8, 4) is 0 Å². The van der Waals surface area contributed by atoms with Crippen LogP contribution < -0.4 is 5.73 Å². The highest BCUT2D eigenvalue weighted by Gasteiger charge is 2.13. The van der Waals surface area contributed by atoms with Crippen molar-refractivity contribution in [2.75, 3.05) is 0 Å². The van der Waals surface area contributed by atoms with Crippen LogP contribution in [0, 0.1) is 6.92 Å². The van der Waals surface area contributed by atoms with E-state index in [0.29, 0.717) is 0 Å². The second-order valence-corrected chi connectivity index (χ2v) is 4.47. The highest BCUT2D eigenvalue weighted by atomic mass is 14.6. The van der Waals surface area contributed by atoms with E-state index >= 15 is 0 Å². The number of benzene rings is 1. The molecule has 1 aromatic carbocycles. The van der Waals surface area contributed by atoms with Gasteiger partial charge in [-0.2, -0.15) is 0 Å². The molecule has 1 nitrogen and oxygen atoms in total. The first-order chi connectivity index (χ1) is 7.25. The van der Waals surface area contributed by atoms with Crippen LogP contribution in [-0.4, -0.2) is 6.04 Å². The van der Waals surface area contributed by atoms with Crippen molar-refractivity contribution in [1.82, 2.24) is 0 Å². The van der Waals surface area contributed by atoms with Gasteiger partial charge in [-0.25, -0.2) is 0 Å². The molecule has 80 valence electrons. The van der Waals surface area contributed by atoms with Crippen molar-refractivity contribution < 1.29 is 0 Å². The molecule has 0 aliphatic heterocycles. The lowest BCUT2D eigenvalue weighted by Gasteiger charge is -2.13. The highest BCUT2D eigenvalue weighted by Crippen LogP contribution is 2.21. The summed E-state index contributed by atoms with van der Waals surface area (Å²) in [5, 5.41) is 0. The SMILES string of the molecule is Cc1cccc(CC(N)C2=CCCC2)c1. The van der Waals surface area contributed by atoms with Gasteiger partial charge in [-0.1, -0.05) is 41.5 Å². The molecule has 0 spiro atoms. The van der Waals surface area contributed by atoms with Crippen LogP contribution in [0.5, 0.6) is 0 Å². The maximum absolute atomic E-state index is 6.19. The lowest BCUT2D eigenvalue weighted by Crippen LogP contribution is -2.24. The van der Waals surface area contributed by atoms with Gasteiger partial charge in [-0.15, -0.1) is 0 Å². The lowest BCUT2D eigenvalue weighted by atomic mass is 9.98. The molecule has 1 aromatic rings. The number of rotatable bonds is 3. The number of allylic oxidation sites excluding steroid dienone is 1. The molecule has 1 aliphatic rings. The van der Waals surface area contributed by atoms with Gasteiger partial charge in [0.15, 0.2) is 0 Å². The smallest absolute Gasteiger partial charge is 0.0294 e. The van der Waals surface area contributed by atoms with Crippen LogP contribution in [0.25, 0.3) is 0 Å². The van der Waals surface area contributed by atoms with Crippen LogP contribution in [0.4, 0.5) is 0 Å². The Labute approximate surface area is 92.0 Å². The Hall–Kier alpha value is -1.08. The summed E-state index contributed by atoms with van der Waals surface area (Å²) in [7, 11) is 0. The van der Waals surface area contributed by atoms with E-state index in [1.165, 1.54) is 36.0 Å². The molecule has 2 N–H and O–H groups in total. The third-order valence-electron chi connectivity index (χ3n) is 3.09. The molecule has 0 saturated heterocycles. The predicted molar refractivity (Wildman–Crippen MR) is 64.8 cm³/mol. The van der Waals surface area contributed by atoms with Gasteiger partial charge in [0.25, 0.3) is 0 Å². The first kappa shape index (κ1) is 10.4. The number of nitrogens with two attached hydrogens (primary N) is 1. The molecule has 1 aliphatic carbocycles. The number of aryl methyl sites for hydroxylation is 1. The van der Waals surface area contributed by atoms with E-state index in [1.54, 1.807) is 0 Å². The van der Waals surface area contributed by atoms with Crippen LogP contribution in [-0.2, 0) is 6.42 Å². The first-order valence-corrected chi connectivity index (χ1v) is 5.76. The summed E-state index contributed by atoms with van der Waals surface area (Å²) in [6, 6.07) is 8.87. The average molecular weight is 201 g/mol. The molecule has 0 heterocycles. The predicted octanol–water partition coefficient (Wildman–Crippen LogP) is 2.98. The Morgan fingerprint density at radius 1 is 1.40 bits per heavy atom. The minimum atomic E-state index is 0.231. The van der Waals surface area contributed by atoms with Gasteiger partial charge in [0, 0.05) is 6.04 Å². The Kier molecular flexibility index (Phi) is 3.22. The molecule has 1 unspecified atom stereocenters. The summed E-state index contributed by atoms with van der Waals surface area (Å²) in [6.45, 7) is 2.13. The van der Waals surface area contributed by atoms with Gasteiger partial charge in [-0.3, -0.25) is 0 Å². The molecule has 0 radical (unpaired) electrons. The fourth-order valence-corrected chi connectivity index (χ4v) is 2.26. The van der Waals surface area contributed by atoms with Crippen molar-refractivity contribution in [3.63, 3.8) is 0 Å². The van der Waals surface area contributed by atoms with E-state index in [0.717, 1.165) is 6.42 Å². The number of hydrogen-bond acceptors (Lipinski definition) is 1. The van der Waals surface area contributed by atoms with Gasteiger partial charge in [0.2, 0.25) is 0 Å². The van der Waals surface area contributed by atoms with E-state index in [4.69, 9.17) is 5.73 Å².